The number of benzene rings is 1. The number of rotatable bonds is 3. The molecule has 0 aliphatic carbocycles. The van der Waals surface area contributed by atoms with Crippen LogP contribution in [0.15, 0.2) is 30.5 Å². The van der Waals surface area contributed by atoms with Crippen LogP contribution in [0.2, 0.25) is 0 Å². The molecule has 2 N–H and O–H groups in total. The maximum absolute atomic E-state index is 6.26. The Morgan fingerprint density at radius 1 is 1.22 bits per heavy atom. The number of ether oxygens (including phenoxy) is 1. The predicted octanol–water partition coefficient (Wildman–Crippen LogP) is 2.15. The van der Waals surface area contributed by atoms with Crippen LogP contribution in [-0.2, 0) is 0 Å². The third-order valence-corrected chi connectivity index (χ3v) is 2.84. The molecule has 94 valence electrons. The highest BCUT2D eigenvalue weighted by molar-refractivity contribution is 5.42. The zero-order valence-corrected chi connectivity index (χ0v) is 10.8. The van der Waals surface area contributed by atoms with Gasteiger partial charge < -0.3 is 10.5 Å². The molecule has 0 saturated carbocycles. The van der Waals surface area contributed by atoms with Crippen LogP contribution in [0.1, 0.15) is 28.7 Å². The molecule has 0 radical (unpaired) electrons. The van der Waals surface area contributed by atoms with Crippen molar-refractivity contribution in [2.45, 2.75) is 19.9 Å². The topological polar surface area (TPSA) is 61.0 Å². The highest BCUT2D eigenvalue weighted by Crippen LogP contribution is 2.28. The Balaban J connectivity index is 2.44. The monoisotopic (exact) mass is 243 g/mol. The van der Waals surface area contributed by atoms with Crippen molar-refractivity contribution in [3.8, 4) is 5.75 Å². The van der Waals surface area contributed by atoms with E-state index in [2.05, 4.69) is 9.97 Å². The van der Waals surface area contributed by atoms with E-state index in [0.29, 0.717) is 0 Å². The molecule has 0 aliphatic rings. The second-order valence-corrected chi connectivity index (χ2v) is 4.25. The summed E-state index contributed by atoms with van der Waals surface area (Å²) in [6.45, 7) is 3.88. The first-order chi connectivity index (χ1) is 8.61. The molecular formula is C14H17N3O. The third-order valence-electron chi connectivity index (χ3n) is 2.84. The highest BCUT2D eigenvalue weighted by Gasteiger charge is 2.15. The fourth-order valence-corrected chi connectivity index (χ4v) is 1.90. The van der Waals surface area contributed by atoms with Gasteiger partial charge in [0.1, 0.15) is 11.6 Å². The van der Waals surface area contributed by atoms with E-state index in [1.54, 1.807) is 13.3 Å². The van der Waals surface area contributed by atoms with Crippen molar-refractivity contribution in [1.29, 1.82) is 0 Å². The van der Waals surface area contributed by atoms with Gasteiger partial charge in [-0.05, 0) is 26.0 Å². The van der Waals surface area contributed by atoms with Crippen molar-refractivity contribution in [2.24, 2.45) is 5.73 Å². The van der Waals surface area contributed by atoms with E-state index in [4.69, 9.17) is 10.5 Å². The Hall–Kier alpha value is -1.94. The number of hydrogen-bond acceptors (Lipinski definition) is 4. The maximum atomic E-state index is 6.26. The first-order valence-corrected chi connectivity index (χ1v) is 5.81. The highest BCUT2D eigenvalue weighted by atomic mass is 16.5. The lowest BCUT2D eigenvalue weighted by atomic mass is 10.0. The summed E-state index contributed by atoms with van der Waals surface area (Å²) in [5, 5.41) is 0. The molecule has 0 aliphatic heterocycles. The molecule has 1 unspecified atom stereocenters. The van der Waals surface area contributed by atoms with E-state index >= 15 is 0 Å². The molecule has 18 heavy (non-hydrogen) atoms. The van der Waals surface area contributed by atoms with Crippen molar-refractivity contribution in [3.63, 3.8) is 0 Å². The molecule has 0 saturated heterocycles. The van der Waals surface area contributed by atoms with E-state index < -0.39 is 0 Å². The Morgan fingerprint density at radius 3 is 2.67 bits per heavy atom. The van der Waals surface area contributed by atoms with Crippen LogP contribution in [0.3, 0.4) is 0 Å². The number of aryl methyl sites for hydroxylation is 2. The van der Waals surface area contributed by atoms with Gasteiger partial charge in [-0.3, -0.25) is 0 Å². The third kappa shape index (κ3) is 2.49. The molecule has 1 atom stereocenters. The van der Waals surface area contributed by atoms with Gasteiger partial charge in [0.05, 0.1) is 18.8 Å². The average molecular weight is 243 g/mol. The molecular weight excluding hydrogens is 226 g/mol. The number of methoxy groups -OCH3 is 1. The molecule has 0 spiro atoms. The summed E-state index contributed by atoms with van der Waals surface area (Å²) in [4.78, 5) is 8.44. The van der Waals surface area contributed by atoms with Gasteiger partial charge in [-0.15, -0.1) is 0 Å². The number of nitrogens with two attached hydrogens (primary N) is 1. The van der Waals surface area contributed by atoms with Gasteiger partial charge in [0.15, 0.2) is 0 Å². The van der Waals surface area contributed by atoms with Crippen molar-refractivity contribution < 1.29 is 4.74 Å². The van der Waals surface area contributed by atoms with Crippen molar-refractivity contribution in [3.05, 3.63) is 53.1 Å². The average Bonchev–Trinajstić information content (AvgIpc) is 2.38. The summed E-state index contributed by atoms with van der Waals surface area (Å²) >= 11 is 0. The molecule has 4 nitrogen and oxygen atoms in total. The summed E-state index contributed by atoms with van der Waals surface area (Å²) in [6, 6.07) is 7.49. The van der Waals surface area contributed by atoms with Crippen LogP contribution in [0, 0.1) is 13.8 Å². The predicted molar refractivity (Wildman–Crippen MR) is 70.5 cm³/mol. The number of aromatic nitrogens is 2. The number of nitrogens with zero attached hydrogens (tertiary/aromatic N) is 2. The minimum atomic E-state index is -0.304. The molecule has 1 aromatic carbocycles. The molecule has 2 aromatic rings. The minimum Gasteiger partial charge on any atom is -0.496 e. The summed E-state index contributed by atoms with van der Waals surface area (Å²) in [5.74, 6) is 1.50. The normalized spacial score (nSPS) is 12.2. The molecule has 2 rings (SSSR count). The fourth-order valence-electron chi connectivity index (χ4n) is 1.90. The van der Waals surface area contributed by atoms with Gasteiger partial charge in [0.25, 0.3) is 0 Å². The van der Waals surface area contributed by atoms with Crippen LogP contribution in [0.5, 0.6) is 5.75 Å². The van der Waals surface area contributed by atoms with Crippen LogP contribution < -0.4 is 10.5 Å². The zero-order chi connectivity index (χ0) is 13.1. The zero-order valence-electron chi connectivity index (χ0n) is 10.8. The standard InChI is InChI=1S/C14H17N3O/c1-9-4-5-13(18-3)11(8-9)14(15)12-6-7-16-10(2)17-12/h4-8,14H,15H2,1-3H3. The SMILES string of the molecule is COc1ccc(C)cc1C(N)c1ccnc(C)n1. The fraction of sp³-hybridized carbons (Fsp3) is 0.286. The van der Waals surface area contributed by atoms with Gasteiger partial charge in [-0.25, -0.2) is 9.97 Å². The molecule has 4 heteroatoms. The summed E-state index contributed by atoms with van der Waals surface area (Å²) in [5.41, 5.74) is 9.14. The summed E-state index contributed by atoms with van der Waals surface area (Å²) in [6.07, 6.45) is 1.72. The van der Waals surface area contributed by atoms with Gasteiger partial charge in [-0.2, -0.15) is 0 Å². The van der Waals surface area contributed by atoms with Crippen LogP contribution >= 0.6 is 0 Å². The summed E-state index contributed by atoms with van der Waals surface area (Å²) in [7, 11) is 1.64. The number of hydrogen-bond donors (Lipinski definition) is 1. The minimum absolute atomic E-state index is 0.304. The lowest BCUT2D eigenvalue weighted by Gasteiger charge is -2.16. The van der Waals surface area contributed by atoms with Crippen molar-refractivity contribution >= 4 is 0 Å². The Bertz CT molecular complexity index is 554. The molecule has 0 bridgehead atoms. The largest absolute Gasteiger partial charge is 0.496 e. The van der Waals surface area contributed by atoms with E-state index in [1.165, 1.54) is 0 Å². The quantitative estimate of drug-likeness (QED) is 0.897. The lowest BCUT2D eigenvalue weighted by molar-refractivity contribution is 0.407. The maximum Gasteiger partial charge on any atom is 0.125 e. The van der Waals surface area contributed by atoms with Gasteiger partial charge in [0, 0.05) is 11.8 Å². The van der Waals surface area contributed by atoms with E-state index in [-0.39, 0.29) is 6.04 Å². The van der Waals surface area contributed by atoms with Gasteiger partial charge in [-0.1, -0.05) is 17.7 Å². The lowest BCUT2D eigenvalue weighted by Crippen LogP contribution is -2.15. The smallest absolute Gasteiger partial charge is 0.125 e. The summed E-state index contributed by atoms with van der Waals surface area (Å²) < 4.78 is 5.35. The Labute approximate surface area is 107 Å². The van der Waals surface area contributed by atoms with Crippen LogP contribution in [-0.4, -0.2) is 17.1 Å². The Morgan fingerprint density at radius 2 is 2.00 bits per heavy atom. The van der Waals surface area contributed by atoms with Crippen molar-refractivity contribution in [2.75, 3.05) is 7.11 Å². The Kier molecular flexibility index (Phi) is 3.58. The molecule has 1 heterocycles. The molecule has 1 aromatic heterocycles. The second-order valence-electron chi connectivity index (χ2n) is 4.25. The van der Waals surface area contributed by atoms with Gasteiger partial charge in [0.2, 0.25) is 0 Å². The van der Waals surface area contributed by atoms with Crippen molar-refractivity contribution in [1.82, 2.24) is 9.97 Å². The first-order valence-electron chi connectivity index (χ1n) is 5.81. The molecule has 0 fully saturated rings. The second kappa shape index (κ2) is 5.14. The van der Waals surface area contributed by atoms with E-state index in [1.807, 2.05) is 38.1 Å². The molecule has 0 amide bonds. The van der Waals surface area contributed by atoms with Gasteiger partial charge >= 0.3 is 0 Å². The van der Waals surface area contributed by atoms with Crippen LogP contribution in [0.4, 0.5) is 0 Å². The van der Waals surface area contributed by atoms with E-state index in [0.717, 1.165) is 28.4 Å². The van der Waals surface area contributed by atoms with Crippen LogP contribution in [0.25, 0.3) is 0 Å². The first kappa shape index (κ1) is 12.5. The van der Waals surface area contributed by atoms with E-state index in [9.17, 15) is 0 Å².